The highest BCUT2D eigenvalue weighted by atomic mass is 16.7. The molecule has 0 atom stereocenters. The minimum atomic E-state index is 0.108. The Labute approximate surface area is 156 Å². The molecule has 5 heteroatoms. The Bertz CT molecular complexity index is 909. The van der Waals surface area contributed by atoms with Gasteiger partial charge in [0.1, 0.15) is 0 Å². The fourth-order valence-electron chi connectivity index (χ4n) is 3.59. The predicted molar refractivity (Wildman–Crippen MR) is 99.9 cm³/mol. The first-order valence-electron chi connectivity index (χ1n) is 9.01. The second kappa shape index (κ2) is 6.50. The molecule has 0 N–H and O–H groups in total. The lowest BCUT2D eigenvalue weighted by molar-refractivity contribution is -0.112. The summed E-state index contributed by atoms with van der Waals surface area (Å²) in [6, 6.07) is 11.5. The third kappa shape index (κ3) is 3.05. The number of carbonyl (C=O) groups is 1. The molecule has 2 aromatic rings. The van der Waals surface area contributed by atoms with Crippen molar-refractivity contribution in [3.63, 3.8) is 0 Å². The van der Waals surface area contributed by atoms with Crippen molar-refractivity contribution in [2.24, 2.45) is 0 Å². The maximum Gasteiger partial charge on any atom is 0.231 e. The second-order valence-corrected chi connectivity index (χ2v) is 6.75. The number of rotatable bonds is 2. The van der Waals surface area contributed by atoms with Gasteiger partial charge in [-0.15, -0.1) is 0 Å². The molecule has 0 spiro atoms. The molecular formula is C22H18O5. The molecule has 5 rings (SSSR count). The number of hydrogen-bond acceptors (Lipinski definition) is 5. The van der Waals surface area contributed by atoms with Crippen LogP contribution in [0.25, 0.3) is 12.2 Å². The van der Waals surface area contributed by atoms with E-state index < -0.39 is 0 Å². The summed E-state index contributed by atoms with van der Waals surface area (Å²) < 4.78 is 21.5. The largest absolute Gasteiger partial charge is 0.454 e. The molecule has 1 saturated carbocycles. The zero-order valence-electron chi connectivity index (χ0n) is 14.7. The number of Topliss-reactive ketones (excluding diaryl/α,β-unsaturated/α-hetero) is 1. The lowest BCUT2D eigenvalue weighted by Gasteiger charge is -2.16. The number of fused-ring (bicyclic) bond motifs is 2. The Hall–Kier alpha value is -3.21. The molecule has 0 saturated heterocycles. The average molecular weight is 362 g/mol. The van der Waals surface area contributed by atoms with Crippen LogP contribution in [0, 0.1) is 0 Å². The molecule has 0 radical (unpaired) electrons. The molecule has 2 aromatic carbocycles. The molecule has 0 unspecified atom stereocenters. The molecule has 0 bridgehead atoms. The predicted octanol–water partition coefficient (Wildman–Crippen LogP) is 4.36. The Morgan fingerprint density at radius 1 is 0.667 bits per heavy atom. The van der Waals surface area contributed by atoms with Crippen LogP contribution >= 0.6 is 0 Å². The van der Waals surface area contributed by atoms with Gasteiger partial charge in [0, 0.05) is 11.1 Å². The van der Waals surface area contributed by atoms with Gasteiger partial charge in [-0.25, -0.2) is 0 Å². The molecule has 27 heavy (non-hydrogen) atoms. The van der Waals surface area contributed by atoms with E-state index in [0.717, 1.165) is 64.5 Å². The van der Waals surface area contributed by atoms with Gasteiger partial charge in [0.2, 0.25) is 13.6 Å². The summed E-state index contributed by atoms with van der Waals surface area (Å²) in [6.07, 6.45) is 6.43. The molecular weight excluding hydrogens is 344 g/mol. The van der Waals surface area contributed by atoms with Crippen LogP contribution in [-0.4, -0.2) is 19.4 Å². The number of benzene rings is 2. The van der Waals surface area contributed by atoms with Gasteiger partial charge < -0.3 is 18.9 Å². The first-order chi connectivity index (χ1) is 13.3. The summed E-state index contributed by atoms with van der Waals surface area (Å²) in [7, 11) is 0. The summed E-state index contributed by atoms with van der Waals surface area (Å²) in [5, 5.41) is 0. The van der Waals surface area contributed by atoms with Crippen molar-refractivity contribution < 1.29 is 23.7 Å². The van der Waals surface area contributed by atoms with Gasteiger partial charge in [-0.05, 0) is 66.8 Å². The van der Waals surface area contributed by atoms with E-state index in [4.69, 9.17) is 18.9 Å². The molecule has 136 valence electrons. The van der Waals surface area contributed by atoms with Crippen LogP contribution in [0.4, 0.5) is 0 Å². The number of ketones is 1. The summed E-state index contributed by atoms with van der Waals surface area (Å²) in [5.74, 6) is 3.05. The number of hydrogen-bond donors (Lipinski definition) is 0. The van der Waals surface area contributed by atoms with E-state index in [9.17, 15) is 4.79 Å². The molecule has 0 aromatic heterocycles. The fraction of sp³-hybridized carbons (Fsp3) is 0.227. The molecule has 2 aliphatic heterocycles. The van der Waals surface area contributed by atoms with Gasteiger partial charge in [-0.2, -0.15) is 0 Å². The lowest BCUT2D eigenvalue weighted by atomic mass is 9.87. The van der Waals surface area contributed by atoms with E-state index >= 15 is 0 Å². The van der Waals surface area contributed by atoms with Gasteiger partial charge in [-0.1, -0.05) is 12.1 Å². The topological polar surface area (TPSA) is 54.0 Å². The van der Waals surface area contributed by atoms with Crippen LogP contribution in [0.3, 0.4) is 0 Å². The Balaban J connectivity index is 1.42. The fourth-order valence-corrected chi connectivity index (χ4v) is 3.59. The Morgan fingerprint density at radius 2 is 1.15 bits per heavy atom. The van der Waals surface area contributed by atoms with Gasteiger partial charge >= 0.3 is 0 Å². The van der Waals surface area contributed by atoms with E-state index in [1.165, 1.54) is 0 Å². The van der Waals surface area contributed by atoms with Crippen LogP contribution in [0.5, 0.6) is 23.0 Å². The van der Waals surface area contributed by atoms with E-state index in [1.807, 2.05) is 48.6 Å². The number of allylic oxidation sites excluding steroid dienone is 2. The van der Waals surface area contributed by atoms with E-state index in [1.54, 1.807) is 0 Å². The monoisotopic (exact) mass is 362 g/mol. The molecule has 1 aliphatic carbocycles. The molecule has 0 amide bonds. The number of ether oxygens (including phenoxy) is 4. The molecule has 3 aliphatic rings. The third-order valence-electron chi connectivity index (χ3n) is 4.95. The maximum atomic E-state index is 13.0. The highest BCUT2D eigenvalue weighted by Crippen LogP contribution is 2.36. The first-order valence-corrected chi connectivity index (χ1v) is 9.01. The van der Waals surface area contributed by atoms with Crippen molar-refractivity contribution in [3.8, 4) is 23.0 Å². The van der Waals surface area contributed by atoms with Gasteiger partial charge in [0.05, 0.1) is 0 Å². The van der Waals surface area contributed by atoms with E-state index in [0.29, 0.717) is 0 Å². The smallest absolute Gasteiger partial charge is 0.231 e. The molecule has 5 nitrogen and oxygen atoms in total. The number of carbonyl (C=O) groups excluding carboxylic acids is 1. The SMILES string of the molecule is O=C1C(=Cc2ccc3c(c2)OCO3)CCC/C1=C\c1ccc2c(c1)OCO2. The Kier molecular flexibility index (Phi) is 3.85. The van der Waals surface area contributed by atoms with Gasteiger partial charge in [0.15, 0.2) is 28.8 Å². The van der Waals surface area contributed by atoms with Crippen LogP contribution in [0.2, 0.25) is 0 Å². The van der Waals surface area contributed by atoms with Crippen molar-refractivity contribution in [1.82, 2.24) is 0 Å². The van der Waals surface area contributed by atoms with Crippen LogP contribution in [-0.2, 0) is 4.79 Å². The zero-order chi connectivity index (χ0) is 18.2. The molecule has 1 fully saturated rings. The molecule has 2 heterocycles. The van der Waals surface area contributed by atoms with Gasteiger partial charge in [-0.3, -0.25) is 4.79 Å². The third-order valence-corrected chi connectivity index (χ3v) is 4.95. The van der Waals surface area contributed by atoms with Crippen molar-refractivity contribution in [2.45, 2.75) is 19.3 Å². The Morgan fingerprint density at radius 3 is 1.67 bits per heavy atom. The minimum absolute atomic E-state index is 0.108. The minimum Gasteiger partial charge on any atom is -0.454 e. The highest BCUT2D eigenvalue weighted by molar-refractivity contribution is 6.14. The summed E-state index contributed by atoms with van der Waals surface area (Å²) in [6.45, 7) is 0.493. The van der Waals surface area contributed by atoms with Crippen molar-refractivity contribution >= 4 is 17.9 Å². The maximum absolute atomic E-state index is 13.0. The van der Waals surface area contributed by atoms with Crippen molar-refractivity contribution in [2.75, 3.05) is 13.6 Å². The van der Waals surface area contributed by atoms with Gasteiger partial charge in [0.25, 0.3) is 0 Å². The lowest BCUT2D eigenvalue weighted by Crippen LogP contribution is -2.12. The summed E-state index contributed by atoms with van der Waals surface area (Å²) in [4.78, 5) is 13.0. The quantitative estimate of drug-likeness (QED) is 0.743. The van der Waals surface area contributed by atoms with E-state index in [2.05, 4.69) is 0 Å². The van der Waals surface area contributed by atoms with Crippen LogP contribution in [0.1, 0.15) is 30.4 Å². The highest BCUT2D eigenvalue weighted by Gasteiger charge is 2.22. The van der Waals surface area contributed by atoms with Crippen LogP contribution < -0.4 is 18.9 Å². The zero-order valence-corrected chi connectivity index (χ0v) is 14.7. The summed E-state index contributed by atoms with van der Waals surface area (Å²) >= 11 is 0. The van der Waals surface area contributed by atoms with Crippen molar-refractivity contribution in [1.29, 1.82) is 0 Å². The van der Waals surface area contributed by atoms with Crippen molar-refractivity contribution in [3.05, 3.63) is 58.7 Å². The average Bonchev–Trinajstić information content (AvgIpc) is 3.33. The second-order valence-electron chi connectivity index (χ2n) is 6.75. The normalized spacial score (nSPS) is 20.5. The standard InChI is InChI=1S/C22H18O5/c23-22-16(8-14-4-6-18-20(10-14)26-12-24-18)2-1-3-17(22)9-15-5-7-19-21(11-15)27-13-25-19/h4-11H,1-3,12-13H2/b16-8+,17-9?. The van der Waals surface area contributed by atoms with E-state index in [-0.39, 0.29) is 19.4 Å². The van der Waals surface area contributed by atoms with Crippen LogP contribution in [0.15, 0.2) is 47.5 Å². The summed E-state index contributed by atoms with van der Waals surface area (Å²) in [5.41, 5.74) is 3.55. The first kappa shape index (κ1) is 16.0.